The summed E-state index contributed by atoms with van der Waals surface area (Å²) in [5.74, 6) is -3.62. The molecule has 0 bridgehead atoms. The van der Waals surface area contributed by atoms with Gasteiger partial charge in [0.25, 0.3) is 0 Å². The van der Waals surface area contributed by atoms with E-state index in [1.165, 1.54) is 14.0 Å². The minimum absolute atomic E-state index is 0.0224. The van der Waals surface area contributed by atoms with Crippen molar-refractivity contribution in [1.82, 2.24) is 0 Å². The van der Waals surface area contributed by atoms with Gasteiger partial charge in [-0.2, -0.15) is 0 Å². The zero-order valence-corrected chi connectivity index (χ0v) is 18.4. The third kappa shape index (κ3) is 5.51. The Kier molecular flexibility index (Phi) is 7.96. The van der Waals surface area contributed by atoms with Crippen LogP contribution in [0.2, 0.25) is 0 Å². The van der Waals surface area contributed by atoms with E-state index < -0.39 is 48.1 Å². The average Bonchev–Trinajstić information content (AvgIpc) is 2.99. The molecule has 0 amide bonds. The van der Waals surface area contributed by atoms with E-state index in [0.717, 1.165) is 5.57 Å². The van der Waals surface area contributed by atoms with Crippen molar-refractivity contribution in [2.45, 2.75) is 58.8 Å². The highest BCUT2D eigenvalue weighted by Gasteiger charge is 2.50. The van der Waals surface area contributed by atoms with Gasteiger partial charge in [-0.25, -0.2) is 14.4 Å². The third-order valence-corrected chi connectivity index (χ3v) is 5.28. The Morgan fingerprint density at radius 3 is 2.48 bits per heavy atom. The molecule has 2 rings (SSSR count). The highest BCUT2D eigenvalue weighted by atomic mass is 16.6. The van der Waals surface area contributed by atoms with Crippen LogP contribution in [-0.2, 0) is 38.1 Å². The maximum atomic E-state index is 12.7. The summed E-state index contributed by atoms with van der Waals surface area (Å²) in [6.45, 7) is 10.1. The van der Waals surface area contributed by atoms with Crippen molar-refractivity contribution in [2.75, 3.05) is 7.11 Å². The zero-order chi connectivity index (χ0) is 23.3. The van der Waals surface area contributed by atoms with Gasteiger partial charge in [-0.3, -0.25) is 4.79 Å². The van der Waals surface area contributed by atoms with Crippen LogP contribution < -0.4 is 0 Å². The van der Waals surface area contributed by atoms with Crippen molar-refractivity contribution in [1.29, 1.82) is 0 Å². The van der Waals surface area contributed by atoms with Gasteiger partial charge in [0.05, 0.1) is 18.6 Å². The fourth-order valence-corrected chi connectivity index (χ4v) is 3.53. The van der Waals surface area contributed by atoms with E-state index in [2.05, 4.69) is 6.58 Å². The van der Waals surface area contributed by atoms with Crippen molar-refractivity contribution in [3.8, 4) is 0 Å². The zero-order valence-electron chi connectivity index (χ0n) is 18.4. The number of carbonyl (C=O) groups is 4. The normalized spacial score (nSPS) is 26.7. The summed E-state index contributed by atoms with van der Waals surface area (Å²) in [4.78, 5) is 49.6. The number of carbonyl (C=O) groups excluding carboxylic acids is 4. The van der Waals surface area contributed by atoms with E-state index >= 15 is 0 Å². The van der Waals surface area contributed by atoms with Crippen molar-refractivity contribution < 1.29 is 38.1 Å². The van der Waals surface area contributed by atoms with E-state index in [1.807, 2.05) is 6.92 Å². The number of esters is 4. The van der Waals surface area contributed by atoms with E-state index in [1.54, 1.807) is 32.1 Å². The largest absolute Gasteiger partial charge is 0.466 e. The Bertz CT molecular complexity index is 876. The van der Waals surface area contributed by atoms with E-state index in [0.29, 0.717) is 18.4 Å². The first-order chi connectivity index (χ1) is 14.6. The molecular weight excluding hydrogens is 404 g/mol. The van der Waals surface area contributed by atoms with Crippen LogP contribution in [0.25, 0.3) is 0 Å². The number of allylic oxidation sites excluding steroid dienone is 3. The molecule has 8 heteroatoms. The fourth-order valence-electron chi connectivity index (χ4n) is 3.53. The van der Waals surface area contributed by atoms with Gasteiger partial charge in [-0.15, -0.1) is 0 Å². The van der Waals surface area contributed by atoms with Gasteiger partial charge in [0.2, 0.25) is 0 Å². The van der Waals surface area contributed by atoms with E-state index in [4.69, 9.17) is 18.9 Å². The van der Waals surface area contributed by atoms with Gasteiger partial charge in [0.1, 0.15) is 6.10 Å². The smallest absolute Gasteiger partial charge is 0.337 e. The summed E-state index contributed by atoms with van der Waals surface area (Å²) in [6.07, 6.45) is 2.58. The second-order valence-electron chi connectivity index (χ2n) is 7.50. The Hall–Kier alpha value is -3.16. The molecule has 0 N–H and O–H groups in total. The van der Waals surface area contributed by atoms with Crippen LogP contribution in [0.5, 0.6) is 0 Å². The molecule has 0 radical (unpaired) electrons. The summed E-state index contributed by atoms with van der Waals surface area (Å²) in [5.41, 5.74) is 1.31. The van der Waals surface area contributed by atoms with Crippen LogP contribution in [0.1, 0.15) is 40.5 Å². The maximum absolute atomic E-state index is 12.7. The molecule has 1 aliphatic heterocycles. The quantitative estimate of drug-likeness (QED) is 0.289. The molecule has 4 atom stereocenters. The fraction of sp³-hybridized carbons (Fsp3) is 0.478. The van der Waals surface area contributed by atoms with Crippen LogP contribution in [0.4, 0.5) is 0 Å². The number of ether oxygens (including phenoxy) is 4. The van der Waals surface area contributed by atoms with Crippen LogP contribution in [0, 0.1) is 5.92 Å². The molecule has 1 heterocycles. The van der Waals surface area contributed by atoms with Crippen LogP contribution >= 0.6 is 0 Å². The lowest BCUT2D eigenvalue weighted by atomic mass is 9.83. The highest BCUT2D eigenvalue weighted by Crippen LogP contribution is 2.38. The van der Waals surface area contributed by atoms with Crippen molar-refractivity contribution in [2.24, 2.45) is 5.92 Å². The number of hydrogen-bond donors (Lipinski definition) is 0. The lowest BCUT2D eigenvalue weighted by molar-refractivity contribution is -0.167. The summed E-state index contributed by atoms with van der Waals surface area (Å²) < 4.78 is 21.5. The second kappa shape index (κ2) is 10.2. The van der Waals surface area contributed by atoms with Gasteiger partial charge in [0, 0.05) is 18.1 Å². The number of rotatable bonds is 4. The monoisotopic (exact) mass is 432 g/mol. The third-order valence-electron chi connectivity index (χ3n) is 5.28. The van der Waals surface area contributed by atoms with Gasteiger partial charge in [0.15, 0.2) is 12.2 Å². The maximum Gasteiger partial charge on any atom is 0.337 e. The lowest BCUT2D eigenvalue weighted by Gasteiger charge is -2.33. The van der Waals surface area contributed by atoms with Gasteiger partial charge in [-0.1, -0.05) is 24.3 Å². The Morgan fingerprint density at radius 2 is 1.90 bits per heavy atom. The molecule has 0 aromatic heterocycles. The summed E-state index contributed by atoms with van der Waals surface area (Å²) in [6, 6.07) is 0. The molecule has 168 valence electrons. The molecule has 0 aromatic carbocycles. The standard InChI is InChI=1S/C23H28O8/c1-7-13(3)21(25)31-20-18-14(4)22(26)30-17(18)11-12(2)9-8-10-16(23(27)28-6)19(20)29-15(5)24/h7,10-11,17-20H,4,8-9H2,1-3,5-6H3. The Morgan fingerprint density at radius 1 is 1.23 bits per heavy atom. The van der Waals surface area contributed by atoms with Gasteiger partial charge in [-0.05, 0) is 39.7 Å². The molecule has 31 heavy (non-hydrogen) atoms. The lowest BCUT2D eigenvalue weighted by Crippen LogP contribution is -2.46. The number of hydrogen-bond acceptors (Lipinski definition) is 8. The SMILES string of the molecule is C=C1C(=O)OC2C=C(C)CCC=C(C(=O)OC)C(OC(C)=O)C(OC(=O)C(C)=CC)C12. The molecule has 0 saturated carbocycles. The molecule has 1 saturated heterocycles. The molecule has 8 nitrogen and oxygen atoms in total. The molecule has 2 aliphatic rings. The van der Waals surface area contributed by atoms with Gasteiger partial charge >= 0.3 is 23.9 Å². The number of fused-ring (bicyclic) bond motifs is 1. The van der Waals surface area contributed by atoms with Crippen molar-refractivity contribution in [3.63, 3.8) is 0 Å². The Labute approximate surface area is 181 Å². The van der Waals surface area contributed by atoms with E-state index in [-0.39, 0.29) is 11.1 Å². The first kappa shape index (κ1) is 24.1. The first-order valence-corrected chi connectivity index (χ1v) is 9.97. The minimum atomic E-state index is -1.32. The predicted octanol–water partition coefficient (Wildman–Crippen LogP) is 2.73. The molecule has 0 aromatic rings. The minimum Gasteiger partial charge on any atom is -0.466 e. The number of methoxy groups -OCH3 is 1. The van der Waals surface area contributed by atoms with Crippen LogP contribution in [0.3, 0.4) is 0 Å². The molecule has 1 fully saturated rings. The van der Waals surface area contributed by atoms with Crippen molar-refractivity contribution >= 4 is 23.9 Å². The Balaban J connectivity index is 2.70. The molecule has 1 aliphatic carbocycles. The molecular formula is C23H28O8. The topological polar surface area (TPSA) is 105 Å². The second-order valence-corrected chi connectivity index (χ2v) is 7.50. The highest BCUT2D eigenvalue weighted by molar-refractivity contribution is 5.93. The summed E-state index contributed by atoms with van der Waals surface area (Å²) in [5, 5.41) is 0. The van der Waals surface area contributed by atoms with E-state index in [9.17, 15) is 19.2 Å². The van der Waals surface area contributed by atoms with Gasteiger partial charge < -0.3 is 18.9 Å². The average molecular weight is 432 g/mol. The first-order valence-electron chi connectivity index (χ1n) is 9.97. The van der Waals surface area contributed by atoms with Crippen LogP contribution in [0.15, 0.2) is 47.1 Å². The molecule has 4 unspecified atom stereocenters. The van der Waals surface area contributed by atoms with Crippen LogP contribution in [-0.4, -0.2) is 49.3 Å². The predicted molar refractivity (Wildman–Crippen MR) is 110 cm³/mol. The summed E-state index contributed by atoms with van der Waals surface area (Å²) in [7, 11) is 1.20. The van der Waals surface area contributed by atoms with Crippen molar-refractivity contribution in [3.05, 3.63) is 47.1 Å². The summed E-state index contributed by atoms with van der Waals surface area (Å²) >= 11 is 0. The molecule has 0 spiro atoms.